The molecule has 0 spiro atoms. The van der Waals surface area contributed by atoms with Gasteiger partial charge in [-0.05, 0) is 37.5 Å². The molecule has 0 bridgehead atoms. The van der Waals surface area contributed by atoms with E-state index in [1.807, 2.05) is 36.4 Å². The quantitative estimate of drug-likeness (QED) is 0.596. The fourth-order valence-corrected chi connectivity index (χ4v) is 3.49. The van der Waals surface area contributed by atoms with Crippen LogP contribution in [0.1, 0.15) is 60.2 Å². The Labute approximate surface area is 159 Å². The lowest BCUT2D eigenvalue weighted by atomic mass is 9.97. The Morgan fingerprint density at radius 2 is 1.74 bits per heavy atom. The van der Waals surface area contributed by atoms with Gasteiger partial charge in [-0.15, -0.1) is 0 Å². The fourth-order valence-electron chi connectivity index (χ4n) is 3.49. The summed E-state index contributed by atoms with van der Waals surface area (Å²) >= 11 is 0. The second-order valence-corrected chi connectivity index (χ2v) is 6.62. The zero-order valence-electron chi connectivity index (χ0n) is 15.6. The SMILES string of the molecule is CCOC(=O)CCCCCN1C(=O)c2ccccc2C(O)c2ccccc21. The predicted octanol–water partition coefficient (Wildman–Crippen LogP) is 3.85. The summed E-state index contributed by atoms with van der Waals surface area (Å²) in [6.07, 6.45) is 1.92. The van der Waals surface area contributed by atoms with Crippen molar-refractivity contribution in [2.45, 2.75) is 38.7 Å². The van der Waals surface area contributed by atoms with Crippen LogP contribution in [0.15, 0.2) is 48.5 Å². The molecule has 2 aromatic rings. The molecule has 1 amide bonds. The molecule has 1 atom stereocenters. The molecule has 5 nitrogen and oxygen atoms in total. The summed E-state index contributed by atoms with van der Waals surface area (Å²) in [6.45, 7) is 2.74. The molecule has 27 heavy (non-hydrogen) atoms. The summed E-state index contributed by atoms with van der Waals surface area (Å²) in [4.78, 5) is 26.3. The Morgan fingerprint density at radius 3 is 2.52 bits per heavy atom. The average Bonchev–Trinajstić information content (AvgIpc) is 2.77. The number of fused-ring (bicyclic) bond motifs is 2. The van der Waals surface area contributed by atoms with Crippen LogP contribution in [0.4, 0.5) is 5.69 Å². The van der Waals surface area contributed by atoms with Crippen LogP contribution in [0, 0.1) is 0 Å². The van der Waals surface area contributed by atoms with Gasteiger partial charge in [0.1, 0.15) is 6.10 Å². The van der Waals surface area contributed by atoms with Gasteiger partial charge in [0.05, 0.1) is 12.3 Å². The summed E-state index contributed by atoms with van der Waals surface area (Å²) in [5.41, 5.74) is 2.66. The largest absolute Gasteiger partial charge is 0.466 e. The molecule has 1 N–H and O–H groups in total. The van der Waals surface area contributed by atoms with E-state index in [0.29, 0.717) is 30.7 Å². The highest BCUT2D eigenvalue weighted by atomic mass is 16.5. The highest BCUT2D eigenvalue weighted by Crippen LogP contribution is 2.37. The molecule has 0 aromatic heterocycles. The standard InChI is InChI=1S/C22H25NO4/c1-2-27-20(24)14-4-3-9-15-23-19-13-8-7-12-18(19)21(25)16-10-5-6-11-17(16)22(23)26/h5-8,10-13,21,25H,2-4,9,14-15H2,1H3. The third-order valence-electron chi connectivity index (χ3n) is 4.82. The van der Waals surface area contributed by atoms with E-state index in [9.17, 15) is 14.7 Å². The molecule has 1 unspecified atom stereocenters. The van der Waals surface area contributed by atoms with Crippen molar-refractivity contribution in [3.63, 3.8) is 0 Å². The van der Waals surface area contributed by atoms with Crippen LogP contribution >= 0.6 is 0 Å². The van der Waals surface area contributed by atoms with Gasteiger partial charge >= 0.3 is 5.97 Å². The molecule has 142 valence electrons. The van der Waals surface area contributed by atoms with Gasteiger partial charge in [-0.3, -0.25) is 9.59 Å². The fraction of sp³-hybridized carbons (Fsp3) is 0.364. The first-order valence-electron chi connectivity index (χ1n) is 9.47. The van der Waals surface area contributed by atoms with Crippen molar-refractivity contribution in [1.82, 2.24) is 0 Å². The predicted molar refractivity (Wildman–Crippen MR) is 104 cm³/mol. The highest BCUT2D eigenvalue weighted by Gasteiger charge is 2.30. The van der Waals surface area contributed by atoms with Crippen LogP contribution in [0.5, 0.6) is 0 Å². The molecule has 0 fully saturated rings. The maximum absolute atomic E-state index is 13.1. The molecule has 1 aliphatic rings. The molecule has 0 radical (unpaired) electrons. The van der Waals surface area contributed by atoms with E-state index in [-0.39, 0.29) is 11.9 Å². The number of esters is 1. The zero-order chi connectivity index (χ0) is 19.2. The molecule has 1 heterocycles. The summed E-state index contributed by atoms with van der Waals surface area (Å²) in [7, 11) is 0. The Bertz CT molecular complexity index is 817. The number of para-hydroxylation sites is 1. The summed E-state index contributed by atoms with van der Waals surface area (Å²) in [5.74, 6) is -0.272. The van der Waals surface area contributed by atoms with Crippen molar-refractivity contribution >= 4 is 17.6 Å². The number of hydrogen-bond donors (Lipinski definition) is 1. The van der Waals surface area contributed by atoms with Crippen LogP contribution in [0.3, 0.4) is 0 Å². The summed E-state index contributed by atoms with van der Waals surface area (Å²) < 4.78 is 4.94. The molecule has 0 aliphatic carbocycles. The topological polar surface area (TPSA) is 66.8 Å². The third kappa shape index (κ3) is 4.19. The van der Waals surface area contributed by atoms with E-state index in [1.54, 1.807) is 24.0 Å². The lowest BCUT2D eigenvalue weighted by Crippen LogP contribution is -2.32. The van der Waals surface area contributed by atoms with Gasteiger partial charge in [-0.25, -0.2) is 0 Å². The van der Waals surface area contributed by atoms with Gasteiger partial charge in [0.15, 0.2) is 0 Å². The molecule has 2 aromatic carbocycles. The third-order valence-corrected chi connectivity index (χ3v) is 4.82. The Morgan fingerprint density at radius 1 is 1.04 bits per heavy atom. The summed E-state index contributed by atoms with van der Waals surface area (Å²) in [6, 6.07) is 14.7. The lowest BCUT2D eigenvalue weighted by molar-refractivity contribution is -0.143. The van der Waals surface area contributed by atoms with Crippen LogP contribution < -0.4 is 4.90 Å². The second-order valence-electron chi connectivity index (χ2n) is 6.62. The first-order chi connectivity index (χ1) is 13.1. The maximum Gasteiger partial charge on any atom is 0.305 e. The number of unbranched alkanes of at least 4 members (excludes halogenated alkanes) is 2. The highest BCUT2D eigenvalue weighted by molar-refractivity contribution is 6.08. The number of amides is 1. The lowest BCUT2D eigenvalue weighted by Gasteiger charge is -2.23. The van der Waals surface area contributed by atoms with Gasteiger partial charge in [0.2, 0.25) is 0 Å². The van der Waals surface area contributed by atoms with E-state index in [2.05, 4.69) is 0 Å². The first-order valence-corrected chi connectivity index (χ1v) is 9.47. The number of carbonyl (C=O) groups is 2. The van der Waals surface area contributed by atoms with Crippen molar-refractivity contribution in [2.24, 2.45) is 0 Å². The van der Waals surface area contributed by atoms with E-state index >= 15 is 0 Å². The number of nitrogens with zero attached hydrogens (tertiary/aromatic N) is 1. The van der Waals surface area contributed by atoms with Crippen LogP contribution in [0.25, 0.3) is 0 Å². The summed E-state index contributed by atoms with van der Waals surface area (Å²) in [5, 5.41) is 10.8. The Balaban J connectivity index is 1.75. The zero-order valence-corrected chi connectivity index (χ0v) is 15.6. The number of rotatable bonds is 7. The first kappa shape index (κ1) is 19.1. The Kier molecular flexibility index (Phi) is 6.24. The minimum Gasteiger partial charge on any atom is -0.466 e. The van der Waals surface area contributed by atoms with Crippen molar-refractivity contribution in [1.29, 1.82) is 0 Å². The van der Waals surface area contributed by atoms with Crippen molar-refractivity contribution < 1.29 is 19.4 Å². The van der Waals surface area contributed by atoms with Gasteiger partial charge in [-0.1, -0.05) is 42.8 Å². The van der Waals surface area contributed by atoms with Gasteiger partial charge in [0, 0.05) is 24.1 Å². The molecule has 3 rings (SSSR count). The number of hydrogen-bond acceptors (Lipinski definition) is 4. The van der Waals surface area contributed by atoms with E-state index in [0.717, 1.165) is 30.5 Å². The molecule has 0 saturated carbocycles. The minimum absolute atomic E-state index is 0.0972. The maximum atomic E-state index is 13.1. The number of aliphatic hydroxyl groups is 1. The van der Waals surface area contributed by atoms with Gasteiger partial charge < -0.3 is 14.7 Å². The number of carbonyl (C=O) groups excluding carboxylic acids is 2. The van der Waals surface area contributed by atoms with E-state index in [4.69, 9.17) is 4.74 Å². The number of ether oxygens (including phenoxy) is 1. The monoisotopic (exact) mass is 367 g/mol. The molecular weight excluding hydrogens is 342 g/mol. The van der Waals surface area contributed by atoms with Crippen molar-refractivity contribution in [3.8, 4) is 0 Å². The number of benzene rings is 2. The van der Waals surface area contributed by atoms with E-state index in [1.165, 1.54) is 0 Å². The van der Waals surface area contributed by atoms with Crippen molar-refractivity contribution in [2.75, 3.05) is 18.1 Å². The normalized spacial score (nSPS) is 15.7. The number of aliphatic hydroxyl groups excluding tert-OH is 1. The number of anilines is 1. The average molecular weight is 367 g/mol. The molecule has 1 aliphatic heterocycles. The van der Waals surface area contributed by atoms with Crippen LogP contribution in [-0.4, -0.2) is 30.1 Å². The van der Waals surface area contributed by atoms with Gasteiger partial charge in [0.25, 0.3) is 5.91 Å². The van der Waals surface area contributed by atoms with Gasteiger partial charge in [-0.2, -0.15) is 0 Å². The van der Waals surface area contributed by atoms with Crippen molar-refractivity contribution in [3.05, 3.63) is 65.2 Å². The molecular formula is C22H25NO4. The molecule has 5 heteroatoms. The van der Waals surface area contributed by atoms with Crippen LogP contribution in [0.2, 0.25) is 0 Å². The second kappa shape index (κ2) is 8.82. The van der Waals surface area contributed by atoms with E-state index < -0.39 is 6.10 Å². The Hall–Kier alpha value is -2.66. The smallest absolute Gasteiger partial charge is 0.305 e. The van der Waals surface area contributed by atoms with Crippen LogP contribution in [-0.2, 0) is 9.53 Å². The minimum atomic E-state index is -0.824. The molecule has 0 saturated heterocycles.